The summed E-state index contributed by atoms with van der Waals surface area (Å²) in [6.07, 6.45) is 3.76. The van der Waals surface area contributed by atoms with Gasteiger partial charge in [0.2, 0.25) is 5.91 Å². The first-order valence-corrected chi connectivity index (χ1v) is 11.8. The van der Waals surface area contributed by atoms with Crippen molar-refractivity contribution >= 4 is 32.6 Å². The zero-order valence-corrected chi connectivity index (χ0v) is 19.0. The van der Waals surface area contributed by atoms with Gasteiger partial charge in [-0.3, -0.25) is 4.79 Å². The molecular formula is C25H31N3OS. The molecule has 158 valence electrons. The van der Waals surface area contributed by atoms with E-state index in [-0.39, 0.29) is 17.9 Å². The number of nitrogens with one attached hydrogen (secondary N) is 1. The molecule has 2 heterocycles. The van der Waals surface area contributed by atoms with Gasteiger partial charge >= 0.3 is 0 Å². The van der Waals surface area contributed by atoms with Crippen LogP contribution < -0.4 is 10.2 Å². The van der Waals surface area contributed by atoms with Gasteiger partial charge in [-0.15, -0.1) is 0 Å². The van der Waals surface area contributed by atoms with E-state index in [4.69, 9.17) is 4.98 Å². The number of piperidine rings is 1. The van der Waals surface area contributed by atoms with Crippen LogP contribution in [-0.4, -0.2) is 30.0 Å². The Hall–Kier alpha value is -2.40. The highest BCUT2D eigenvalue weighted by atomic mass is 32.1. The first kappa shape index (κ1) is 20.9. The van der Waals surface area contributed by atoms with E-state index < -0.39 is 0 Å². The monoisotopic (exact) mass is 421 g/mol. The van der Waals surface area contributed by atoms with Gasteiger partial charge in [0.1, 0.15) is 0 Å². The molecule has 2 aromatic carbocycles. The fourth-order valence-electron chi connectivity index (χ4n) is 4.29. The molecule has 5 heteroatoms. The first-order valence-electron chi connectivity index (χ1n) is 11.0. The molecule has 0 bridgehead atoms. The quantitative estimate of drug-likeness (QED) is 0.590. The summed E-state index contributed by atoms with van der Waals surface area (Å²) >= 11 is 1.77. The number of carbonyl (C=O) groups excluding carboxylic acids is 1. The van der Waals surface area contributed by atoms with Crippen molar-refractivity contribution in [3.63, 3.8) is 0 Å². The van der Waals surface area contributed by atoms with Crippen molar-refractivity contribution in [1.29, 1.82) is 0 Å². The van der Waals surface area contributed by atoms with Crippen molar-refractivity contribution in [1.82, 2.24) is 10.3 Å². The summed E-state index contributed by atoms with van der Waals surface area (Å²) in [4.78, 5) is 20.0. The second-order valence-electron chi connectivity index (χ2n) is 8.62. The van der Waals surface area contributed by atoms with Gasteiger partial charge in [-0.05, 0) is 69.2 Å². The van der Waals surface area contributed by atoms with Gasteiger partial charge in [0.25, 0.3) is 0 Å². The van der Waals surface area contributed by atoms with Crippen molar-refractivity contribution in [2.75, 3.05) is 18.0 Å². The Morgan fingerprint density at radius 3 is 2.67 bits per heavy atom. The maximum Gasteiger partial charge on any atom is 0.223 e. The third-order valence-electron chi connectivity index (χ3n) is 6.05. The van der Waals surface area contributed by atoms with Gasteiger partial charge in [0.15, 0.2) is 5.13 Å². The lowest BCUT2D eigenvalue weighted by Gasteiger charge is -2.31. The van der Waals surface area contributed by atoms with Crippen molar-refractivity contribution in [2.24, 2.45) is 5.92 Å². The molecule has 30 heavy (non-hydrogen) atoms. The predicted molar refractivity (Wildman–Crippen MR) is 126 cm³/mol. The molecule has 1 amide bonds. The molecule has 1 N–H and O–H groups in total. The molecule has 1 aliphatic rings. The number of thiazole rings is 1. The van der Waals surface area contributed by atoms with Gasteiger partial charge in [0.05, 0.1) is 10.2 Å². The molecule has 1 aliphatic heterocycles. The maximum atomic E-state index is 12.7. The Kier molecular flexibility index (Phi) is 6.38. The van der Waals surface area contributed by atoms with Crippen molar-refractivity contribution in [2.45, 2.75) is 52.5 Å². The molecule has 0 spiro atoms. The number of hydrogen-bond donors (Lipinski definition) is 1. The summed E-state index contributed by atoms with van der Waals surface area (Å²) in [5.41, 5.74) is 4.97. The molecular weight excluding hydrogens is 390 g/mol. The minimum atomic E-state index is 0.110. The molecule has 0 saturated carbocycles. The molecule has 1 aromatic heterocycles. The van der Waals surface area contributed by atoms with Crippen molar-refractivity contribution < 1.29 is 4.79 Å². The SMILES string of the molecule is Cc1cc(C)c2nc(N3CCC(C(=O)N[C@@H](C)CCc4ccccc4)CC3)sc2c1. The van der Waals surface area contributed by atoms with Crippen LogP contribution >= 0.6 is 11.3 Å². The number of carbonyl (C=O) groups is 1. The van der Waals surface area contributed by atoms with E-state index in [1.165, 1.54) is 21.4 Å². The average Bonchev–Trinajstić information content (AvgIpc) is 3.17. The van der Waals surface area contributed by atoms with Crippen LogP contribution in [0.2, 0.25) is 0 Å². The lowest BCUT2D eigenvalue weighted by atomic mass is 9.95. The fraction of sp³-hybridized carbons (Fsp3) is 0.440. The van der Waals surface area contributed by atoms with Crippen molar-refractivity contribution in [3.05, 3.63) is 59.2 Å². The number of hydrogen-bond acceptors (Lipinski definition) is 4. The lowest BCUT2D eigenvalue weighted by Crippen LogP contribution is -2.43. The number of fused-ring (bicyclic) bond motifs is 1. The molecule has 1 atom stereocenters. The number of aryl methyl sites for hydroxylation is 3. The second kappa shape index (κ2) is 9.17. The fourth-order valence-corrected chi connectivity index (χ4v) is 5.48. The summed E-state index contributed by atoms with van der Waals surface area (Å²) in [6, 6.07) is 15.1. The number of aromatic nitrogens is 1. The number of nitrogens with zero attached hydrogens (tertiary/aromatic N) is 2. The van der Waals surface area contributed by atoms with E-state index in [9.17, 15) is 4.79 Å². The van der Waals surface area contributed by atoms with Crippen LogP contribution in [0.1, 0.15) is 42.9 Å². The number of anilines is 1. The second-order valence-corrected chi connectivity index (χ2v) is 9.63. The minimum Gasteiger partial charge on any atom is -0.353 e. The van der Waals surface area contributed by atoms with E-state index >= 15 is 0 Å². The topological polar surface area (TPSA) is 45.2 Å². The van der Waals surface area contributed by atoms with Crippen LogP contribution in [0, 0.1) is 19.8 Å². The van der Waals surface area contributed by atoms with Crippen LogP contribution in [-0.2, 0) is 11.2 Å². The molecule has 0 unspecified atom stereocenters. The number of benzene rings is 2. The molecule has 4 nitrogen and oxygen atoms in total. The summed E-state index contributed by atoms with van der Waals surface area (Å²) in [5, 5.41) is 4.33. The van der Waals surface area contributed by atoms with Crippen LogP contribution in [0.15, 0.2) is 42.5 Å². The summed E-state index contributed by atoms with van der Waals surface area (Å²) in [7, 11) is 0. The highest BCUT2D eigenvalue weighted by Crippen LogP contribution is 2.33. The highest BCUT2D eigenvalue weighted by molar-refractivity contribution is 7.22. The zero-order valence-electron chi connectivity index (χ0n) is 18.1. The smallest absolute Gasteiger partial charge is 0.223 e. The van der Waals surface area contributed by atoms with Crippen LogP contribution in [0.25, 0.3) is 10.2 Å². The van der Waals surface area contributed by atoms with Gasteiger partial charge in [-0.1, -0.05) is 47.7 Å². The standard InChI is InChI=1S/C25H31N3OS/c1-17-15-18(2)23-22(16-17)30-25(27-23)28-13-11-21(12-14-28)24(29)26-19(3)9-10-20-7-5-4-6-8-20/h4-8,15-16,19,21H,9-14H2,1-3H3,(H,26,29)/t19-/m0/s1. The lowest BCUT2D eigenvalue weighted by molar-refractivity contribution is -0.126. The van der Waals surface area contributed by atoms with Gasteiger partial charge in [-0.2, -0.15) is 0 Å². The third-order valence-corrected chi connectivity index (χ3v) is 7.12. The van der Waals surface area contributed by atoms with Gasteiger partial charge < -0.3 is 10.2 Å². The summed E-state index contributed by atoms with van der Waals surface area (Å²) < 4.78 is 1.26. The largest absolute Gasteiger partial charge is 0.353 e. The molecule has 1 fully saturated rings. The van der Waals surface area contributed by atoms with Crippen LogP contribution in [0.5, 0.6) is 0 Å². The van der Waals surface area contributed by atoms with E-state index in [0.29, 0.717) is 0 Å². The summed E-state index contributed by atoms with van der Waals surface area (Å²) in [5.74, 6) is 0.324. The van der Waals surface area contributed by atoms with E-state index in [0.717, 1.165) is 49.4 Å². The maximum absolute atomic E-state index is 12.7. The van der Waals surface area contributed by atoms with Gasteiger partial charge in [-0.25, -0.2) is 4.98 Å². The zero-order chi connectivity index (χ0) is 21.1. The third kappa shape index (κ3) is 4.84. The molecule has 3 aromatic rings. The Labute approximate surface area is 183 Å². The van der Waals surface area contributed by atoms with E-state index in [1.807, 2.05) is 6.07 Å². The highest BCUT2D eigenvalue weighted by Gasteiger charge is 2.27. The predicted octanol–water partition coefficient (Wildman–Crippen LogP) is 5.27. The summed E-state index contributed by atoms with van der Waals surface area (Å²) in [6.45, 7) is 8.18. The van der Waals surface area contributed by atoms with Crippen LogP contribution in [0.4, 0.5) is 5.13 Å². The minimum absolute atomic E-state index is 0.110. The molecule has 1 saturated heterocycles. The number of rotatable bonds is 6. The molecule has 0 aliphatic carbocycles. The van der Waals surface area contributed by atoms with Crippen molar-refractivity contribution in [3.8, 4) is 0 Å². The Morgan fingerprint density at radius 2 is 1.93 bits per heavy atom. The Bertz CT molecular complexity index is 1010. The van der Waals surface area contributed by atoms with E-state index in [2.05, 4.69) is 67.4 Å². The molecule has 4 rings (SSSR count). The number of amides is 1. The van der Waals surface area contributed by atoms with Gasteiger partial charge in [0, 0.05) is 25.0 Å². The first-order chi connectivity index (χ1) is 14.5. The Morgan fingerprint density at radius 1 is 1.20 bits per heavy atom. The van der Waals surface area contributed by atoms with Crippen LogP contribution in [0.3, 0.4) is 0 Å². The normalized spacial score (nSPS) is 16.0. The van der Waals surface area contributed by atoms with E-state index in [1.54, 1.807) is 11.3 Å². The average molecular weight is 422 g/mol. The Balaban J connectivity index is 1.28. The molecule has 0 radical (unpaired) electrons.